The van der Waals surface area contributed by atoms with E-state index in [2.05, 4.69) is 12.2 Å². The molecule has 0 aromatic heterocycles. The Hall–Kier alpha value is -2.24. The predicted octanol–water partition coefficient (Wildman–Crippen LogP) is 3.28. The van der Waals surface area contributed by atoms with Crippen LogP contribution in [0.3, 0.4) is 0 Å². The molecule has 0 unspecified atom stereocenters. The molecule has 10 nitrogen and oxygen atoms in total. The van der Waals surface area contributed by atoms with Crippen molar-refractivity contribution in [2.75, 3.05) is 5.88 Å². The number of nitrogens with one attached hydrogen (secondary N) is 1. The summed E-state index contributed by atoms with van der Waals surface area (Å²) in [6.07, 6.45) is 5.55. The fraction of sp³-hybridized carbons (Fsp3) is 0.700. The number of aliphatic hydroxyl groups is 2. The first-order valence-electron chi connectivity index (χ1n) is 14.2. The highest BCUT2D eigenvalue weighted by Crippen LogP contribution is 2.33. The average Bonchev–Trinajstić information content (AvgIpc) is 2.89. The number of rotatable bonds is 12. The van der Waals surface area contributed by atoms with E-state index in [-0.39, 0.29) is 60.7 Å². The Bertz CT molecular complexity index is 996. The summed E-state index contributed by atoms with van der Waals surface area (Å²) in [5, 5.41) is 33.4. The van der Waals surface area contributed by atoms with Gasteiger partial charge >= 0.3 is 11.9 Å². The number of allylic oxidation sites excluding steroid dienone is 2. The molecule has 0 saturated carbocycles. The zero-order chi connectivity index (χ0) is 30.9. The molecule has 9 atom stereocenters. The SMILES string of the molecule is CC(C=C[C@H]1O[C@H](CC(=O)O)C[C@@](O)(CCl)[C@@H]1O)=CC[C@@H]1O[C@H](C)[C@H](NC(=O)C=C[C@H](C)OC(=O)C(C)C)C[C@@H]1C. The van der Waals surface area contributed by atoms with Crippen LogP contribution in [-0.4, -0.2) is 87.3 Å². The summed E-state index contributed by atoms with van der Waals surface area (Å²) in [6.45, 7) is 11.1. The number of alkyl halides is 1. The molecule has 2 aliphatic heterocycles. The van der Waals surface area contributed by atoms with Crippen molar-refractivity contribution in [3.8, 4) is 0 Å². The van der Waals surface area contributed by atoms with Crippen molar-refractivity contribution in [2.24, 2.45) is 11.8 Å². The quantitative estimate of drug-likeness (QED) is 0.115. The van der Waals surface area contributed by atoms with E-state index in [0.717, 1.165) is 12.0 Å². The third-order valence-corrected chi connectivity index (χ3v) is 7.95. The Morgan fingerprint density at radius 2 is 1.85 bits per heavy atom. The average molecular weight is 600 g/mol. The van der Waals surface area contributed by atoms with Crippen LogP contribution in [-0.2, 0) is 28.6 Å². The number of carboxylic acid groups (broad SMARTS) is 1. The summed E-state index contributed by atoms with van der Waals surface area (Å²) < 4.78 is 17.2. The summed E-state index contributed by atoms with van der Waals surface area (Å²) in [4.78, 5) is 35.3. The molecule has 1 amide bonds. The highest BCUT2D eigenvalue weighted by Gasteiger charge is 2.47. The lowest BCUT2D eigenvalue weighted by atomic mass is 9.84. The predicted molar refractivity (Wildman–Crippen MR) is 154 cm³/mol. The third kappa shape index (κ3) is 10.8. The van der Waals surface area contributed by atoms with Crippen molar-refractivity contribution in [3.63, 3.8) is 0 Å². The Morgan fingerprint density at radius 3 is 2.46 bits per heavy atom. The fourth-order valence-electron chi connectivity index (χ4n) is 4.91. The Balaban J connectivity index is 1.91. The zero-order valence-corrected chi connectivity index (χ0v) is 25.5. The first-order chi connectivity index (χ1) is 19.1. The topological polar surface area (TPSA) is 152 Å². The maximum absolute atomic E-state index is 12.5. The maximum atomic E-state index is 12.5. The van der Waals surface area contributed by atoms with Crippen LogP contribution in [0, 0.1) is 11.8 Å². The minimum Gasteiger partial charge on any atom is -0.481 e. The van der Waals surface area contributed by atoms with E-state index < -0.39 is 36.0 Å². The van der Waals surface area contributed by atoms with Crippen LogP contribution in [0.4, 0.5) is 0 Å². The molecule has 0 bridgehead atoms. The third-order valence-electron chi connectivity index (χ3n) is 7.48. The Morgan fingerprint density at radius 1 is 1.17 bits per heavy atom. The summed E-state index contributed by atoms with van der Waals surface area (Å²) in [7, 11) is 0. The van der Waals surface area contributed by atoms with Gasteiger partial charge in [-0.3, -0.25) is 14.4 Å². The van der Waals surface area contributed by atoms with Crippen LogP contribution in [0.15, 0.2) is 36.0 Å². The molecule has 0 aromatic rings. The molecular weight excluding hydrogens is 554 g/mol. The lowest BCUT2D eigenvalue weighted by molar-refractivity contribution is -0.197. The molecule has 11 heteroatoms. The molecule has 0 aliphatic carbocycles. The molecule has 2 saturated heterocycles. The van der Waals surface area contributed by atoms with E-state index in [1.165, 1.54) is 6.08 Å². The van der Waals surface area contributed by atoms with Crippen molar-refractivity contribution >= 4 is 29.4 Å². The van der Waals surface area contributed by atoms with Gasteiger partial charge in [0, 0.05) is 12.5 Å². The number of carbonyl (C=O) groups excluding carboxylic acids is 2. The van der Waals surface area contributed by atoms with Crippen LogP contribution in [0.5, 0.6) is 0 Å². The van der Waals surface area contributed by atoms with Crippen molar-refractivity contribution < 1.29 is 43.9 Å². The van der Waals surface area contributed by atoms with Gasteiger partial charge in [-0.15, -0.1) is 11.6 Å². The molecule has 232 valence electrons. The van der Waals surface area contributed by atoms with E-state index in [0.29, 0.717) is 6.42 Å². The number of esters is 1. The van der Waals surface area contributed by atoms with Gasteiger partial charge in [0.25, 0.3) is 0 Å². The van der Waals surface area contributed by atoms with Crippen LogP contribution in [0.25, 0.3) is 0 Å². The number of aliphatic hydroxyl groups excluding tert-OH is 1. The van der Waals surface area contributed by atoms with Gasteiger partial charge in [-0.1, -0.05) is 44.6 Å². The molecule has 2 fully saturated rings. The first-order valence-corrected chi connectivity index (χ1v) is 14.7. The normalized spacial score (nSPS) is 33.7. The number of halogens is 1. The number of hydrogen-bond acceptors (Lipinski definition) is 8. The van der Waals surface area contributed by atoms with Crippen LogP contribution >= 0.6 is 11.6 Å². The highest BCUT2D eigenvalue weighted by atomic mass is 35.5. The number of amides is 1. The number of hydrogen-bond donors (Lipinski definition) is 4. The van der Waals surface area contributed by atoms with Crippen LogP contribution < -0.4 is 5.32 Å². The lowest BCUT2D eigenvalue weighted by Gasteiger charge is -2.43. The second kappa shape index (κ2) is 15.8. The number of carboxylic acids is 1. The van der Waals surface area contributed by atoms with E-state index in [9.17, 15) is 24.6 Å². The smallest absolute Gasteiger partial charge is 0.308 e. The van der Waals surface area contributed by atoms with Gasteiger partial charge in [-0.2, -0.15) is 0 Å². The molecule has 41 heavy (non-hydrogen) atoms. The number of ether oxygens (including phenoxy) is 3. The fourth-order valence-corrected chi connectivity index (χ4v) is 5.17. The maximum Gasteiger partial charge on any atom is 0.308 e. The molecule has 0 spiro atoms. The minimum absolute atomic E-state index is 0.0645. The minimum atomic E-state index is -1.64. The van der Waals surface area contributed by atoms with Crippen molar-refractivity contribution in [1.29, 1.82) is 0 Å². The van der Waals surface area contributed by atoms with Gasteiger partial charge in [-0.25, -0.2) is 0 Å². The molecule has 4 N–H and O–H groups in total. The van der Waals surface area contributed by atoms with E-state index in [1.807, 2.05) is 19.9 Å². The second-order valence-electron chi connectivity index (χ2n) is 11.6. The van der Waals surface area contributed by atoms with Crippen LogP contribution in [0.1, 0.15) is 67.2 Å². The standard InChI is InChI=1S/C30H46ClNO9/c1-17(2)29(37)39-20(5)9-12-26(33)32-23-13-19(4)24(40-21(23)6)10-7-18(3)8-11-25-28(36)30(38,16-31)15-22(41-25)14-27(34)35/h7-9,11-12,17,19-25,28,36,38H,10,13-16H2,1-6H3,(H,32,33)(H,34,35)/t19-,20-,21+,22+,23+,24-,25+,28+,30+/m0/s1. The molecule has 0 radical (unpaired) electrons. The van der Waals surface area contributed by atoms with E-state index in [4.69, 9.17) is 30.9 Å². The highest BCUT2D eigenvalue weighted by molar-refractivity contribution is 6.18. The number of aliphatic carboxylic acids is 1. The van der Waals surface area contributed by atoms with Gasteiger partial charge in [0.2, 0.25) is 5.91 Å². The first kappa shape index (κ1) is 35.0. The molecule has 2 rings (SSSR count). The largest absolute Gasteiger partial charge is 0.481 e. The van der Waals surface area contributed by atoms with E-state index >= 15 is 0 Å². The van der Waals surface area contributed by atoms with Crippen molar-refractivity contribution in [3.05, 3.63) is 36.0 Å². The molecule has 0 aromatic carbocycles. The van der Waals surface area contributed by atoms with Gasteiger partial charge in [0.05, 0.1) is 42.6 Å². The van der Waals surface area contributed by atoms with Crippen molar-refractivity contribution in [1.82, 2.24) is 5.32 Å². The second-order valence-corrected chi connectivity index (χ2v) is 11.9. The lowest BCUT2D eigenvalue weighted by Crippen LogP contribution is -2.58. The molecule has 2 aliphatic rings. The molecule has 2 heterocycles. The van der Waals surface area contributed by atoms with Gasteiger partial charge in [0.1, 0.15) is 23.9 Å². The van der Waals surface area contributed by atoms with Gasteiger partial charge in [0.15, 0.2) is 0 Å². The molecular formula is C30H46ClNO9. The Labute approximate surface area is 247 Å². The van der Waals surface area contributed by atoms with Crippen molar-refractivity contribution in [2.45, 2.75) is 115 Å². The summed E-state index contributed by atoms with van der Waals surface area (Å²) in [5.74, 6) is -1.97. The summed E-state index contributed by atoms with van der Waals surface area (Å²) in [5.41, 5.74) is -0.763. The van der Waals surface area contributed by atoms with Gasteiger partial charge in [-0.05, 0) is 45.6 Å². The van der Waals surface area contributed by atoms with E-state index in [1.54, 1.807) is 39.0 Å². The zero-order valence-electron chi connectivity index (χ0n) is 24.8. The monoisotopic (exact) mass is 599 g/mol. The van der Waals surface area contributed by atoms with Gasteiger partial charge < -0.3 is 34.8 Å². The van der Waals surface area contributed by atoms with Crippen LogP contribution in [0.2, 0.25) is 0 Å². The summed E-state index contributed by atoms with van der Waals surface area (Å²) in [6, 6.07) is -0.165. The summed E-state index contributed by atoms with van der Waals surface area (Å²) >= 11 is 5.89. The number of carbonyl (C=O) groups is 3. The Kier molecular flexibility index (Phi) is 13.5.